The third-order valence-corrected chi connectivity index (χ3v) is 1.88. The fourth-order valence-corrected chi connectivity index (χ4v) is 1.24. The van der Waals surface area contributed by atoms with Gasteiger partial charge in [-0.3, -0.25) is 0 Å². The lowest BCUT2D eigenvalue weighted by molar-refractivity contribution is -0.137. The molecule has 0 spiro atoms. The Bertz CT molecular complexity index is 475. The molecule has 0 aliphatic heterocycles. The molecule has 0 fully saturated rings. The third kappa shape index (κ3) is 1.36. The second kappa shape index (κ2) is 2.77. The van der Waals surface area contributed by atoms with E-state index in [1.165, 1.54) is 6.33 Å². The molecule has 1 aromatic heterocycles. The monoisotopic (exact) mass is 196 g/mol. The van der Waals surface area contributed by atoms with Crippen molar-refractivity contribution in [2.45, 2.75) is 6.18 Å². The molecule has 0 amide bonds. The average molecular weight is 196 g/mol. The van der Waals surface area contributed by atoms with Gasteiger partial charge in [-0.05, 0) is 6.07 Å². The molecule has 0 unspecified atom stereocenters. The zero-order chi connectivity index (χ0) is 10.3. The molecule has 0 bridgehead atoms. The third-order valence-electron chi connectivity index (χ3n) is 1.88. The van der Waals surface area contributed by atoms with Crippen molar-refractivity contribution in [3.8, 4) is 0 Å². The Morgan fingerprint density at radius 2 is 2.00 bits per heavy atom. The summed E-state index contributed by atoms with van der Waals surface area (Å²) in [5.74, 6) is 0. The van der Waals surface area contributed by atoms with E-state index in [0.29, 0.717) is 5.52 Å². The summed E-state index contributed by atoms with van der Waals surface area (Å²) < 4.78 is 36.9. The zero-order valence-corrected chi connectivity index (χ0v) is 6.89. The van der Waals surface area contributed by atoms with Gasteiger partial charge >= 0.3 is 6.18 Å². The molecule has 2 radical (unpaired) electrons. The van der Waals surface area contributed by atoms with Gasteiger partial charge in [-0.15, -0.1) is 0 Å². The van der Waals surface area contributed by atoms with Gasteiger partial charge in [-0.25, -0.2) is 4.98 Å². The van der Waals surface area contributed by atoms with Gasteiger partial charge in [0.2, 0.25) is 0 Å². The van der Waals surface area contributed by atoms with Crippen LogP contribution in [0, 0.1) is 0 Å². The number of nitrogens with one attached hydrogen (secondary N) is 1. The molecule has 2 rings (SSSR count). The molecule has 0 aliphatic rings. The van der Waals surface area contributed by atoms with E-state index in [4.69, 9.17) is 7.85 Å². The maximum absolute atomic E-state index is 12.3. The van der Waals surface area contributed by atoms with Crippen molar-refractivity contribution in [2.24, 2.45) is 0 Å². The molecule has 0 saturated carbocycles. The lowest BCUT2D eigenvalue weighted by Crippen LogP contribution is -2.12. The lowest BCUT2D eigenvalue weighted by Gasteiger charge is -2.07. The van der Waals surface area contributed by atoms with Crippen LogP contribution in [0.5, 0.6) is 0 Å². The van der Waals surface area contributed by atoms with Crippen LogP contribution in [-0.2, 0) is 6.18 Å². The number of aromatic amines is 1. The normalized spacial score (nSPS) is 12.2. The van der Waals surface area contributed by atoms with Crippen molar-refractivity contribution in [1.82, 2.24) is 9.97 Å². The number of alkyl halides is 3. The summed E-state index contributed by atoms with van der Waals surface area (Å²) in [6.07, 6.45) is -3.07. The molecule has 2 aromatic rings. The van der Waals surface area contributed by atoms with Crippen molar-refractivity contribution < 1.29 is 13.2 Å². The fourth-order valence-electron chi connectivity index (χ4n) is 1.24. The van der Waals surface area contributed by atoms with Crippen molar-refractivity contribution in [3.63, 3.8) is 0 Å². The van der Waals surface area contributed by atoms with Gasteiger partial charge in [-0.1, -0.05) is 11.5 Å². The fraction of sp³-hybridized carbons (Fsp3) is 0.125. The van der Waals surface area contributed by atoms with Crippen LogP contribution in [0.2, 0.25) is 0 Å². The van der Waals surface area contributed by atoms with Gasteiger partial charge in [0.25, 0.3) is 0 Å². The van der Waals surface area contributed by atoms with Gasteiger partial charge in [0.15, 0.2) is 0 Å². The summed E-state index contributed by atoms with van der Waals surface area (Å²) in [5.41, 5.74) is -0.0989. The number of fused-ring (bicyclic) bond motifs is 1. The van der Waals surface area contributed by atoms with E-state index in [0.717, 1.165) is 12.1 Å². The van der Waals surface area contributed by atoms with Crippen LogP contribution < -0.4 is 5.46 Å². The van der Waals surface area contributed by atoms with Crippen LogP contribution >= 0.6 is 0 Å². The van der Waals surface area contributed by atoms with E-state index in [-0.39, 0.29) is 11.0 Å². The molecule has 6 heteroatoms. The average Bonchev–Trinajstić information content (AvgIpc) is 2.50. The van der Waals surface area contributed by atoms with Gasteiger partial charge in [0, 0.05) is 0 Å². The molecule has 0 atom stereocenters. The van der Waals surface area contributed by atoms with Crippen molar-refractivity contribution >= 4 is 24.3 Å². The first-order chi connectivity index (χ1) is 6.48. The summed E-state index contributed by atoms with van der Waals surface area (Å²) >= 11 is 0. The van der Waals surface area contributed by atoms with Gasteiger partial charge in [-0.2, -0.15) is 13.2 Å². The first kappa shape index (κ1) is 9.11. The Hall–Kier alpha value is -1.46. The second-order valence-electron chi connectivity index (χ2n) is 2.86. The molecule has 1 aromatic carbocycles. The number of halogens is 3. The number of H-pyrrole nitrogens is 1. The van der Waals surface area contributed by atoms with Gasteiger partial charge < -0.3 is 4.98 Å². The molecule has 1 heterocycles. The van der Waals surface area contributed by atoms with Crippen LogP contribution in [-0.4, -0.2) is 17.8 Å². The summed E-state index contributed by atoms with van der Waals surface area (Å²) in [5, 5.41) is 0. The van der Waals surface area contributed by atoms with Crippen molar-refractivity contribution in [3.05, 3.63) is 24.0 Å². The van der Waals surface area contributed by atoms with E-state index >= 15 is 0 Å². The highest BCUT2D eigenvalue weighted by Gasteiger charge is 2.31. The molecule has 0 aliphatic carbocycles. The van der Waals surface area contributed by atoms with E-state index in [1.807, 2.05) is 0 Å². The Labute approximate surface area is 78.6 Å². The number of imidazole rings is 1. The highest BCUT2D eigenvalue weighted by atomic mass is 19.4. The largest absolute Gasteiger partial charge is 0.416 e. The van der Waals surface area contributed by atoms with Crippen LogP contribution in [0.25, 0.3) is 11.0 Å². The first-order valence-corrected chi connectivity index (χ1v) is 3.78. The molecule has 0 saturated heterocycles. The van der Waals surface area contributed by atoms with Crippen LogP contribution in [0.1, 0.15) is 5.56 Å². The van der Waals surface area contributed by atoms with Crippen LogP contribution in [0.15, 0.2) is 18.5 Å². The standard InChI is InChI=1S/C8H4BF3N2/c9-5-1-4(8(10,11)12)2-6-7(5)14-3-13-6/h1-3H,(H,13,14). The number of nitrogens with zero attached hydrogens (tertiary/aromatic N) is 1. The zero-order valence-electron chi connectivity index (χ0n) is 6.89. The minimum atomic E-state index is -4.38. The van der Waals surface area contributed by atoms with Crippen molar-refractivity contribution in [1.29, 1.82) is 0 Å². The van der Waals surface area contributed by atoms with Gasteiger partial charge in [0.1, 0.15) is 7.85 Å². The Morgan fingerprint density at radius 1 is 1.29 bits per heavy atom. The molecule has 1 N–H and O–H groups in total. The van der Waals surface area contributed by atoms with Gasteiger partial charge in [0.05, 0.1) is 22.9 Å². The van der Waals surface area contributed by atoms with E-state index in [9.17, 15) is 13.2 Å². The number of hydrogen-bond donors (Lipinski definition) is 1. The minimum Gasteiger partial charge on any atom is -0.345 e. The topological polar surface area (TPSA) is 28.7 Å². The van der Waals surface area contributed by atoms with E-state index in [2.05, 4.69) is 9.97 Å². The Morgan fingerprint density at radius 3 is 2.64 bits per heavy atom. The van der Waals surface area contributed by atoms with Crippen LogP contribution in [0.4, 0.5) is 13.2 Å². The maximum Gasteiger partial charge on any atom is 0.416 e. The number of rotatable bonds is 0. The second-order valence-corrected chi connectivity index (χ2v) is 2.86. The first-order valence-electron chi connectivity index (χ1n) is 3.78. The molecule has 14 heavy (non-hydrogen) atoms. The Kier molecular flexibility index (Phi) is 1.80. The number of benzene rings is 1. The predicted molar refractivity (Wildman–Crippen MR) is 46.5 cm³/mol. The quantitative estimate of drug-likeness (QED) is 0.633. The SMILES string of the molecule is [B]c1cc(C(F)(F)F)cc2[nH]cnc12. The maximum atomic E-state index is 12.3. The van der Waals surface area contributed by atoms with E-state index < -0.39 is 11.7 Å². The molecular formula is C8H4BF3N2. The summed E-state index contributed by atoms with van der Waals surface area (Å²) in [6, 6.07) is 1.86. The Balaban J connectivity index is 2.70. The number of aromatic nitrogens is 2. The number of hydrogen-bond acceptors (Lipinski definition) is 1. The molecular weight excluding hydrogens is 192 g/mol. The summed E-state index contributed by atoms with van der Waals surface area (Å²) in [7, 11) is 5.42. The summed E-state index contributed by atoms with van der Waals surface area (Å²) in [4.78, 5) is 6.38. The summed E-state index contributed by atoms with van der Waals surface area (Å²) in [6.45, 7) is 0. The predicted octanol–water partition coefficient (Wildman–Crippen LogP) is 1.38. The highest BCUT2D eigenvalue weighted by Crippen LogP contribution is 2.29. The lowest BCUT2D eigenvalue weighted by atomic mass is 9.92. The highest BCUT2D eigenvalue weighted by molar-refractivity contribution is 6.38. The minimum absolute atomic E-state index is 0.0241. The smallest absolute Gasteiger partial charge is 0.345 e. The molecule has 70 valence electrons. The van der Waals surface area contributed by atoms with Crippen LogP contribution in [0.3, 0.4) is 0 Å². The van der Waals surface area contributed by atoms with E-state index in [1.54, 1.807) is 0 Å². The van der Waals surface area contributed by atoms with Crippen molar-refractivity contribution in [2.75, 3.05) is 0 Å². The molecule has 2 nitrogen and oxygen atoms in total.